The van der Waals surface area contributed by atoms with E-state index >= 15 is 0 Å². The summed E-state index contributed by atoms with van der Waals surface area (Å²) in [7, 11) is 0. The Morgan fingerprint density at radius 3 is 2.48 bits per heavy atom. The first kappa shape index (κ1) is 18.3. The molecule has 0 bridgehead atoms. The highest BCUT2D eigenvalue weighted by Gasteiger charge is 2.23. The van der Waals surface area contributed by atoms with Crippen LogP contribution in [-0.2, 0) is 0 Å². The number of benzene rings is 2. The Morgan fingerprint density at radius 1 is 0.931 bits per heavy atom. The molecular weight excluding hydrogens is 402 g/mol. The summed E-state index contributed by atoms with van der Waals surface area (Å²) in [6.07, 6.45) is 1.66. The molecule has 0 spiro atoms. The molecule has 0 N–H and O–H groups in total. The van der Waals surface area contributed by atoms with E-state index in [0.29, 0.717) is 0 Å². The van der Waals surface area contributed by atoms with E-state index in [1.165, 1.54) is 22.8 Å². The number of aromatic nitrogens is 3. The fourth-order valence-corrected chi connectivity index (χ4v) is 4.88. The minimum atomic E-state index is 0.781. The highest BCUT2D eigenvalue weighted by Crippen LogP contribution is 2.35. The first-order valence-electron chi connectivity index (χ1n) is 9.62. The van der Waals surface area contributed by atoms with Gasteiger partial charge in [-0.2, -0.15) is 4.37 Å². The van der Waals surface area contributed by atoms with Gasteiger partial charge in [-0.1, -0.05) is 48.0 Å². The predicted octanol–water partition coefficient (Wildman–Crippen LogP) is 5.04. The van der Waals surface area contributed by atoms with Crippen molar-refractivity contribution in [3.05, 3.63) is 65.4 Å². The van der Waals surface area contributed by atoms with E-state index < -0.39 is 0 Å². The van der Waals surface area contributed by atoms with E-state index in [4.69, 9.17) is 16.0 Å². The summed E-state index contributed by atoms with van der Waals surface area (Å²) in [4.78, 5) is 13.9. The van der Waals surface area contributed by atoms with Gasteiger partial charge in [-0.05, 0) is 36.2 Å². The summed E-state index contributed by atoms with van der Waals surface area (Å²) in [5.74, 6) is 0.983. The first-order chi connectivity index (χ1) is 14.2. The maximum absolute atomic E-state index is 6.22. The monoisotopic (exact) mass is 421 g/mol. The molecule has 4 aromatic rings. The summed E-state index contributed by atoms with van der Waals surface area (Å²) in [5, 5.41) is 0.781. The van der Waals surface area contributed by atoms with Crippen molar-refractivity contribution in [3.63, 3.8) is 0 Å². The van der Waals surface area contributed by atoms with Crippen LogP contribution in [-0.4, -0.2) is 40.5 Å². The predicted molar refractivity (Wildman–Crippen MR) is 121 cm³/mol. The van der Waals surface area contributed by atoms with E-state index in [1.807, 2.05) is 24.3 Å². The van der Waals surface area contributed by atoms with Gasteiger partial charge in [-0.3, -0.25) is 0 Å². The Bertz CT molecular complexity index is 1150. The number of fused-ring (bicyclic) bond motifs is 1. The number of piperazine rings is 1. The molecule has 1 saturated heterocycles. The van der Waals surface area contributed by atoms with Gasteiger partial charge in [-0.25, -0.2) is 9.97 Å². The molecule has 1 aliphatic rings. The third-order valence-electron chi connectivity index (χ3n) is 5.38. The third kappa shape index (κ3) is 3.43. The Hall–Kier alpha value is -2.70. The second-order valence-corrected chi connectivity index (χ2v) is 8.39. The lowest BCUT2D eigenvalue weighted by molar-refractivity contribution is 0.648. The summed E-state index contributed by atoms with van der Waals surface area (Å²) in [6.45, 7) is 5.79. The number of aryl methyl sites for hydroxylation is 1. The van der Waals surface area contributed by atoms with Crippen LogP contribution in [0, 0.1) is 6.92 Å². The molecule has 5 rings (SSSR count). The third-order valence-corrected chi connectivity index (χ3v) is 6.44. The molecular formula is C22H20ClN5S. The average Bonchev–Trinajstić information content (AvgIpc) is 3.20. The molecule has 2 aromatic carbocycles. The van der Waals surface area contributed by atoms with Gasteiger partial charge in [0, 0.05) is 42.5 Å². The Morgan fingerprint density at radius 2 is 1.69 bits per heavy atom. The van der Waals surface area contributed by atoms with Crippen molar-refractivity contribution in [2.45, 2.75) is 6.92 Å². The second-order valence-electron chi connectivity index (χ2n) is 7.18. The maximum atomic E-state index is 6.22. The number of hydrogen-bond donors (Lipinski definition) is 0. The molecule has 29 heavy (non-hydrogen) atoms. The molecule has 0 radical (unpaired) electrons. The fraction of sp³-hybridized carbons (Fsp3) is 0.227. The molecule has 3 heterocycles. The van der Waals surface area contributed by atoms with Crippen LogP contribution in [0.2, 0.25) is 5.02 Å². The molecule has 0 atom stereocenters. The van der Waals surface area contributed by atoms with Crippen molar-refractivity contribution in [2.75, 3.05) is 36.0 Å². The smallest absolute Gasteiger partial charge is 0.151 e. The van der Waals surface area contributed by atoms with Gasteiger partial charge >= 0.3 is 0 Å². The SMILES string of the molecule is Cc1ccc(Cl)cc1N1CCN(c2ncnc3c(-c4ccccc4)nsc23)CC1. The van der Waals surface area contributed by atoms with Crippen LogP contribution in [0.4, 0.5) is 11.5 Å². The van der Waals surface area contributed by atoms with E-state index in [-0.39, 0.29) is 0 Å². The number of halogens is 1. The maximum Gasteiger partial charge on any atom is 0.151 e. The van der Waals surface area contributed by atoms with Gasteiger partial charge in [0.05, 0.1) is 0 Å². The lowest BCUT2D eigenvalue weighted by Gasteiger charge is -2.37. The van der Waals surface area contributed by atoms with Gasteiger partial charge in [0.25, 0.3) is 0 Å². The van der Waals surface area contributed by atoms with Crippen molar-refractivity contribution in [2.24, 2.45) is 0 Å². The van der Waals surface area contributed by atoms with Crippen molar-refractivity contribution in [1.82, 2.24) is 14.3 Å². The minimum Gasteiger partial charge on any atom is -0.368 e. The van der Waals surface area contributed by atoms with Crippen LogP contribution in [0.3, 0.4) is 0 Å². The zero-order chi connectivity index (χ0) is 19.8. The van der Waals surface area contributed by atoms with E-state index in [1.54, 1.807) is 6.33 Å². The molecule has 2 aromatic heterocycles. The van der Waals surface area contributed by atoms with Gasteiger partial charge in [0.1, 0.15) is 22.2 Å². The van der Waals surface area contributed by atoms with Crippen LogP contribution in [0.5, 0.6) is 0 Å². The molecule has 0 saturated carbocycles. The minimum absolute atomic E-state index is 0.781. The zero-order valence-corrected chi connectivity index (χ0v) is 17.6. The van der Waals surface area contributed by atoms with E-state index in [9.17, 15) is 0 Å². The average molecular weight is 422 g/mol. The Kier molecular flexibility index (Phi) is 4.81. The van der Waals surface area contributed by atoms with Crippen LogP contribution >= 0.6 is 23.1 Å². The lowest BCUT2D eigenvalue weighted by atomic mass is 10.1. The molecule has 146 valence electrons. The number of rotatable bonds is 3. The molecule has 7 heteroatoms. The number of nitrogens with zero attached hydrogens (tertiary/aromatic N) is 5. The lowest BCUT2D eigenvalue weighted by Crippen LogP contribution is -2.47. The van der Waals surface area contributed by atoms with Gasteiger partial charge in [0.15, 0.2) is 5.82 Å². The normalized spacial score (nSPS) is 14.6. The van der Waals surface area contributed by atoms with Crippen LogP contribution < -0.4 is 9.80 Å². The quantitative estimate of drug-likeness (QED) is 0.463. The highest BCUT2D eigenvalue weighted by atomic mass is 35.5. The topological polar surface area (TPSA) is 45.2 Å². The highest BCUT2D eigenvalue weighted by molar-refractivity contribution is 7.14. The molecule has 1 fully saturated rings. The molecule has 0 aliphatic carbocycles. The van der Waals surface area contributed by atoms with Crippen molar-refractivity contribution >= 4 is 44.9 Å². The van der Waals surface area contributed by atoms with Crippen molar-refractivity contribution in [1.29, 1.82) is 0 Å². The Balaban J connectivity index is 1.41. The summed E-state index contributed by atoms with van der Waals surface area (Å²) in [5.41, 5.74) is 5.42. The molecule has 1 aliphatic heterocycles. The largest absolute Gasteiger partial charge is 0.368 e. The van der Waals surface area contributed by atoms with Gasteiger partial charge in [0.2, 0.25) is 0 Å². The molecule has 5 nitrogen and oxygen atoms in total. The molecule has 0 unspecified atom stereocenters. The zero-order valence-electron chi connectivity index (χ0n) is 16.0. The van der Waals surface area contributed by atoms with Crippen molar-refractivity contribution < 1.29 is 0 Å². The number of anilines is 2. The van der Waals surface area contributed by atoms with Crippen LogP contribution in [0.15, 0.2) is 54.9 Å². The molecule has 0 amide bonds. The number of hydrogen-bond acceptors (Lipinski definition) is 6. The van der Waals surface area contributed by atoms with Gasteiger partial charge in [-0.15, -0.1) is 0 Å². The van der Waals surface area contributed by atoms with Crippen molar-refractivity contribution in [3.8, 4) is 11.3 Å². The summed E-state index contributed by atoms with van der Waals surface area (Å²) < 4.78 is 5.75. The van der Waals surface area contributed by atoms with E-state index in [2.05, 4.69) is 51.0 Å². The van der Waals surface area contributed by atoms with Gasteiger partial charge < -0.3 is 9.80 Å². The summed E-state index contributed by atoms with van der Waals surface area (Å²) >= 11 is 7.70. The van der Waals surface area contributed by atoms with Crippen LogP contribution in [0.25, 0.3) is 21.5 Å². The second kappa shape index (κ2) is 7.61. The Labute approximate surface area is 178 Å². The van der Waals surface area contributed by atoms with E-state index in [0.717, 1.165) is 58.5 Å². The summed E-state index contributed by atoms with van der Waals surface area (Å²) in [6, 6.07) is 16.3. The standard InChI is InChI=1S/C22H20ClN5S/c1-15-7-8-17(23)13-18(15)27-9-11-28(12-10-27)22-21-20(24-14-25-22)19(26-29-21)16-5-3-2-4-6-16/h2-8,13-14H,9-12H2,1H3. The first-order valence-corrected chi connectivity index (χ1v) is 10.8. The fourth-order valence-electron chi connectivity index (χ4n) is 3.84. The van der Waals surface area contributed by atoms with Crippen LogP contribution in [0.1, 0.15) is 5.56 Å².